The average molecular weight is 425 g/mol. The van der Waals surface area contributed by atoms with Crippen molar-refractivity contribution in [3.05, 3.63) is 29.6 Å². The fourth-order valence-electron chi connectivity index (χ4n) is 1.68. The van der Waals surface area contributed by atoms with Gasteiger partial charge in [-0.1, -0.05) is 0 Å². The van der Waals surface area contributed by atoms with E-state index in [-0.39, 0.29) is 0 Å². The van der Waals surface area contributed by atoms with Crippen molar-refractivity contribution in [1.82, 2.24) is 15.4 Å². The molecule has 1 rings (SSSR count). The van der Waals surface area contributed by atoms with Gasteiger partial charge in [-0.2, -0.15) is 4.72 Å². The summed E-state index contributed by atoms with van der Waals surface area (Å²) in [7, 11) is -4.70. The molecule has 0 saturated heterocycles. The van der Waals surface area contributed by atoms with Crippen LogP contribution in [0, 0.1) is 17.5 Å². The molecule has 0 aliphatic rings. The number of imide groups is 1. The lowest BCUT2D eigenvalue weighted by atomic mass is 10.1. The summed E-state index contributed by atoms with van der Waals surface area (Å²) in [6.07, 6.45) is 0. The highest BCUT2D eigenvalue weighted by Gasteiger charge is 2.25. The van der Waals surface area contributed by atoms with Gasteiger partial charge in [0.2, 0.25) is 10.0 Å². The highest BCUT2D eigenvalue weighted by molar-refractivity contribution is 7.89. The zero-order valence-electron chi connectivity index (χ0n) is 15.1. The van der Waals surface area contributed by atoms with Crippen molar-refractivity contribution in [1.29, 1.82) is 0 Å². The number of amides is 3. The third-order valence-corrected chi connectivity index (χ3v) is 4.22. The number of benzene rings is 1. The van der Waals surface area contributed by atoms with Crippen molar-refractivity contribution in [2.45, 2.75) is 31.2 Å². The number of nitrogens with one attached hydrogen (secondary N) is 3. The molecule has 0 bridgehead atoms. The molecular weight excluding hydrogens is 407 g/mol. The SMILES string of the molecule is CC(C)(C)NC(=O)NC(=O)COC(=O)CNS(=O)(=O)c1ccc(F)c(F)c1F. The highest BCUT2D eigenvalue weighted by atomic mass is 32.2. The van der Waals surface area contributed by atoms with Gasteiger partial charge in [-0.25, -0.2) is 26.4 Å². The lowest BCUT2D eigenvalue weighted by molar-refractivity contribution is -0.147. The summed E-state index contributed by atoms with van der Waals surface area (Å²) < 4.78 is 69.3. The Labute approximate surface area is 158 Å². The van der Waals surface area contributed by atoms with E-state index in [1.54, 1.807) is 25.5 Å². The molecule has 1 aromatic carbocycles. The number of rotatable bonds is 6. The summed E-state index contributed by atoms with van der Waals surface area (Å²) >= 11 is 0. The topological polar surface area (TPSA) is 131 Å². The zero-order chi connectivity index (χ0) is 21.7. The first-order valence-electron chi connectivity index (χ1n) is 7.64. The van der Waals surface area contributed by atoms with E-state index in [9.17, 15) is 36.0 Å². The molecule has 0 aliphatic heterocycles. The Morgan fingerprint density at radius 1 is 1.07 bits per heavy atom. The molecule has 0 aliphatic carbocycles. The molecule has 0 spiro atoms. The van der Waals surface area contributed by atoms with E-state index in [4.69, 9.17) is 0 Å². The van der Waals surface area contributed by atoms with Crippen molar-refractivity contribution in [3.63, 3.8) is 0 Å². The van der Waals surface area contributed by atoms with Gasteiger partial charge < -0.3 is 10.1 Å². The molecule has 13 heteroatoms. The van der Waals surface area contributed by atoms with Gasteiger partial charge >= 0.3 is 12.0 Å². The molecule has 1 aromatic rings. The minimum atomic E-state index is -4.70. The smallest absolute Gasteiger partial charge is 0.321 e. The lowest BCUT2D eigenvalue weighted by Crippen LogP contribution is -2.49. The first kappa shape index (κ1) is 23.4. The molecule has 0 radical (unpaired) electrons. The normalized spacial score (nSPS) is 11.6. The van der Waals surface area contributed by atoms with Crippen LogP contribution in [0.3, 0.4) is 0 Å². The van der Waals surface area contributed by atoms with Crippen molar-refractivity contribution >= 4 is 27.9 Å². The standard InChI is InChI=1S/C15H18F3N3O6S/c1-15(2,3)21-14(24)20-10(22)7-27-11(23)6-19-28(25,26)9-5-4-8(16)12(17)13(9)18/h4-5,19H,6-7H2,1-3H3,(H2,20,21,22,24). The minimum Gasteiger partial charge on any atom is -0.455 e. The van der Waals surface area contributed by atoms with Gasteiger partial charge in [-0.15, -0.1) is 0 Å². The van der Waals surface area contributed by atoms with Crippen LogP contribution in [0.1, 0.15) is 20.8 Å². The van der Waals surface area contributed by atoms with Crippen LogP contribution in [0.4, 0.5) is 18.0 Å². The van der Waals surface area contributed by atoms with Gasteiger partial charge in [0.15, 0.2) is 24.1 Å². The number of urea groups is 1. The zero-order valence-corrected chi connectivity index (χ0v) is 15.9. The van der Waals surface area contributed by atoms with Gasteiger partial charge in [-0.3, -0.25) is 14.9 Å². The number of esters is 1. The molecule has 9 nitrogen and oxygen atoms in total. The molecule has 3 amide bonds. The first-order valence-corrected chi connectivity index (χ1v) is 9.12. The fraction of sp³-hybridized carbons (Fsp3) is 0.400. The number of carbonyl (C=O) groups excluding carboxylic acids is 3. The van der Waals surface area contributed by atoms with Gasteiger partial charge in [0.05, 0.1) is 0 Å². The number of hydrogen-bond donors (Lipinski definition) is 3. The summed E-state index contributed by atoms with van der Waals surface area (Å²) in [6.45, 7) is 3.08. The molecule has 0 saturated carbocycles. The van der Waals surface area contributed by atoms with Crippen molar-refractivity contribution in [3.8, 4) is 0 Å². The maximum absolute atomic E-state index is 13.5. The number of ether oxygens (including phenoxy) is 1. The maximum atomic E-state index is 13.5. The van der Waals surface area contributed by atoms with Crippen LogP contribution in [0.25, 0.3) is 0 Å². The molecule has 0 heterocycles. The summed E-state index contributed by atoms with van der Waals surface area (Å²) in [6, 6.07) is 0.0455. The van der Waals surface area contributed by atoms with E-state index in [1.807, 2.05) is 5.32 Å². The van der Waals surface area contributed by atoms with Gasteiger partial charge in [0, 0.05) is 5.54 Å². The number of carbonyl (C=O) groups is 3. The van der Waals surface area contributed by atoms with Gasteiger partial charge in [0.1, 0.15) is 11.4 Å². The highest BCUT2D eigenvalue weighted by Crippen LogP contribution is 2.19. The molecule has 156 valence electrons. The third-order valence-electron chi connectivity index (χ3n) is 2.80. The first-order chi connectivity index (χ1) is 12.7. The molecule has 0 fully saturated rings. The Balaban J connectivity index is 2.55. The van der Waals surface area contributed by atoms with Crippen LogP contribution < -0.4 is 15.4 Å². The maximum Gasteiger partial charge on any atom is 0.321 e. The third kappa shape index (κ3) is 7.15. The Morgan fingerprint density at radius 2 is 1.68 bits per heavy atom. The second kappa shape index (κ2) is 9.01. The number of sulfonamides is 1. The van der Waals surface area contributed by atoms with E-state index in [1.165, 1.54) is 0 Å². The van der Waals surface area contributed by atoms with Crippen LogP contribution in [0.15, 0.2) is 17.0 Å². The number of halogens is 3. The molecule has 0 aromatic heterocycles. The average Bonchev–Trinajstić information content (AvgIpc) is 2.54. The lowest BCUT2D eigenvalue weighted by Gasteiger charge is -2.20. The van der Waals surface area contributed by atoms with E-state index in [2.05, 4.69) is 10.1 Å². The summed E-state index contributed by atoms with van der Waals surface area (Å²) in [5.74, 6) is -7.75. The van der Waals surface area contributed by atoms with Gasteiger partial charge in [0.25, 0.3) is 5.91 Å². The summed E-state index contributed by atoms with van der Waals surface area (Å²) in [5.41, 5.74) is -0.617. The molecule has 3 N–H and O–H groups in total. The second-order valence-electron chi connectivity index (χ2n) is 6.41. The molecule has 0 unspecified atom stereocenters. The Morgan fingerprint density at radius 3 is 2.25 bits per heavy atom. The van der Waals surface area contributed by atoms with E-state index < -0.39 is 69.0 Å². The summed E-state index contributed by atoms with van der Waals surface area (Å²) in [4.78, 5) is 33.2. The van der Waals surface area contributed by atoms with E-state index in [0.717, 1.165) is 0 Å². The van der Waals surface area contributed by atoms with Crippen molar-refractivity contribution in [2.75, 3.05) is 13.2 Å². The van der Waals surface area contributed by atoms with Crippen molar-refractivity contribution in [2.24, 2.45) is 0 Å². The Kier molecular flexibility index (Phi) is 7.52. The van der Waals surface area contributed by atoms with Crippen molar-refractivity contribution < 1.29 is 40.7 Å². The Hall–Kier alpha value is -2.67. The van der Waals surface area contributed by atoms with Crippen LogP contribution >= 0.6 is 0 Å². The van der Waals surface area contributed by atoms with Gasteiger partial charge in [-0.05, 0) is 32.9 Å². The minimum absolute atomic E-state index is 0.401. The van der Waals surface area contributed by atoms with Crippen LogP contribution in [-0.4, -0.2) is 45.0 Å². The van der Waals surface area contributed by atoms with Crippen LogP contribution in [0.2, 0.25) is 0 Å². The van der Waals surface area contributed by atoms with Crippen LogP contribution in [-0.2, 0) is 24.3 Å². The second-order valence-corrected chi connectivity index (χ2v) is 8.15. The Bertz CT molecular complexity index is 884. The number of hydrogen-bond acceptors (Lipinski definition) is 6. The summed E-state index contributed by atoms with van der Waals surface area (Å²) in [5, 5.41) is 4.30. The fourth-order valence-corrected chi connectivity index (χ4v) is 2.72. The largest absolute Gasteiger partial charge is 0.455 e. The quantitative estimate of drug-likeness (QED) is 0.451. The van der Waals surface area contributed by atoms with Crippen LogP contribution in [0.5, 0.6) is 0 Å². The molecular formula is C15H18F3N3O6S. The van der Waals surface area contributed by atoms with E-state index >= 15 is 0 Å². The molecule has 28 heavy (non-hydrogen) atoms. The molecule has 0 atom stereocenters. The predicted molar refractivity (Wildman–Crippen MR) is 88.9 cm³/mol. The predicted octanol–water partition coefficient (Wildman–Crippen LogP) is 0.550. The van der Waals surface area contributed by atoms with E-state index in [0.29, 0.717) is 12.1 Å². The monoisotopic (exact) mass is 425 g/mol.